The number of carbonyl (C=O) groups is 1. The number of hydrogen-bond donors (Lipinski definition) is 1. The predicted molar refractivity (Wildman–Crippen MR) is 99.7 cm³/mol. The van der Waals surface area contributed by atoms with Crippen molar-refractivity contribution in [1.29, 1.82) is 0 Å². The molecule has 2 heterocycles. The van der Waals surface area contributed by atoms with E-state index in [4.69, 9.17) is 4.52 Å². The van der Waals surface area contributed by atoms with Gasteiger partial charge in [0.25, 0.3) is 0 Å². The van der Waals surface area contributed by atoms with Gasteiger partial charge in [-0.1, -0.05) is 5.16 Å². The van der Waals surface area contributed by atoms with Gasteiger partial charge in [0.2, 0.25) is 21.8 Å². The molecule has 0 unspecified atom stereocenters. The Morgan fingerprint density at radius 1 is 1.29 bits per heavy atom. The molecular weight excluding hydrogens is 384 g/mol. The molecule has 0 aliphatic rings. The molecule has 148 valence electrons. The number of anilines is 1. The van der Waals surface area contributed by atoms with E-state index in [9.17, 15) is 13.2 Å². The molecule has 1 N–H and O–H groups in total. The average Bonchev–Trinajstić information content (AvgIpc) is 3.24. The number of hydrogen-bond acceptors (Lipinski definition) is 7. The number of carbonyl (C=O) groups excluding carboxylic acids is 1. The van der Waals surface area contributed by atoms with Gasteiger partial charge in [0.1, 0.15) is 0 Å². The van der Waals surface area contributed by atoms with Crippen molar-refractivity contribution < 1.29 is 17.7 Å². The van der Waals surface area contributed by atoms with Gasteiger partial charge in [0.05, 0.1) is 24.2 Å². The van der Waals surface area contributed by atoms with Crippen molar-refractivity contribution in [3.63, 3.8) is 0 Å². The van der Waals surface area contributed by atoms with Gasteiger partial charge in [-0.25, -0.2) is 13.4 Å². The number of aromatic nitrogens is 4. The van der Waals surface area contributed by atoms with Crippen molar-refractivity contribution in [2.75, 3.05) is 12.4 Å². The Hall–Kier alpha value is -3.05. The van der Waals surface area contributed by atoms with Gasteiger partial charge in [-0.2, -0.15) is 9.29 Å². The van der Waals surface area contributed by atoms with Crippen LogP contribution >= 0.6 is 0 Å². The first-order valence-corrected chi connectivity index (χ1v) is 9.80. The zero-order valence-electron chi connectivity index (χ0n) is 15.7. The molecule has 10 nitrogen and oxygen atoms in total. The zero-order chi connectivity index (χ0) is 20.3. The Morgan fingerprint density at radius 3 is 2.61 bits per heavy atom. The molecule has 0 radical (unpaired) electrons. The molecule has 1 aromatic carbocycles. The summed E-state index contributed by atoms with van der Waals surface area (Å²) >= 11 is 0. The molecule has 0 fully saturated rings. The number of nitrogens with zero attached hydrogens (tertiary/aromatic N) is 5. The van der Waals surface area contributed by atoms with Crippen LogP contribution in [0.3, 0.4) is 0 Å². The standard InChI is InChI=1S/C17H20N6O4S/c1-12(24)19-13-4-6-15(7-5-13)28(25,26)23(3)10-17-20-16(21-27-17)8-14-9-18-11-22(14)2/h4-7,9,11H,8,10H2,1-3H3,(H,19,24). The monoisotopic (exact) mass is 404 g/mol. The van der Waals surface area contributed by atoms with E-state index in [1.54, 1.807) is 12.5 Å². The molecule has 0 atom stereocenters. The van der Waals surface area contributed by atoms with Crippen LogP contribution < -0.4 is 5.32 Å². The van der Waals surface area contributed by atoms with Gasteiger partial charge in [-0.3, -0.25) is 4.79 Å². The van der Waals surface area contributed by atoms with Crippen LogP contribution in [0.4, 0.5) is 5.69 Å². The van der Waals surface area contributed by atoms with Gasteiger partial charge >= 0.3 is 0 Å². The van der Waals surface area contributed by atoms with Crippen LogP contribution in [-0.2, 0) is 34.8 Å². The van der Waals surface area contributed by atoms with E-state index in [2.05, 4.69) is 20.4 Å². The largest absolute Gasteiger partial charge is 0.338 e. The summed E-state index contributed by atoms with van der Waals surface area (Å²) in [6.45, 7) is 1.32. The van der Waals surface area contributed by atoms with Gasteiger partial charge in [0.15, 0.2) is 5.82 Å². The van der Waals surface area contributed by atoms with Crippen molar-refractivity contribution in [3.8, 4) is 0 Å². The van der Waals surface area contributed by atoms with Crippen molar-refractivity contribution in [3.05, 3.63) is 54.2 Å². The third-order valence-electron chi connectivity index (χ3n) is 4.01. The van der Waals surface area contributed by atoms with Gasteiger partial charge < -0.3 is 14.4 Å². The molecule has 11 heteroatoms. The fourth-order valence-electron chi connectivity index (χ4n) is 2.51. The van der Waals surface area contributed by atoms with Crippen LogP contribution in [0.5, 0.6) is 0 Å². The number of amides is 1. The van der Waals surface area contributed by atoms with E-state index in [-0.39, 0.29) is 23.2 Å². The highest BCUT2D eigenvalue weighted by Crippen LogP contribution is 2.19. The predicted octanol–water partition coefficient (Wildman–Crippen LogP) is 1.17. The lowest BCUT2D eigenvalue weighted by Crippen LogP contribution is -2.26. The summed E-state index contributed by atoms with van der Waals surface area (Å²) in [5.74, 6) is 0.410. The Labute approximate surface area is 162 Å². The van der Waals surface area contributed by atoms with Gasteiger partial charge in [0, 0.05) is 38.6 Å². The second-order valence-electron chi connectivity index (χ2n) is 6.24. The normalized spacial score (nSPS) is 11.7. The second kappa shape index (κ2) is 7.90. The summed E-state index contributed by atoms with van der Waals surface area (Å²) in [5.41, 5.74) is 1.43. The summed E-state index contributed by atoms with van der Waals surface area (Å²) in [6, 6.07) is 5.92. The number of sulfonamides is 1. The topological polar surface area (TPSA) is 123 Å². The average molecular weight is 404 g/mol. The van der Waals surface area contributed by atoms with Crippen molar-refractivity contribution in [2.45, 2.75) is 24.8 Å². The van der Waals surface area contributed by atoms with E-state index >= 15 is 0 Å². The minimum atomic E-state index is -3.75. The number of benzene rings is 1. The molecule has 3 aromatic rings. The van der Waals surface area contributed by atoms with Gasteiger partial charge in [-0.05, 0) is 24.3 Å². The van der Waals surface area contributed by atoms with Crippen LogP contribution in [0.25, 0.3) is 0 Å². The molecule has 3 rings (SSSR count). The Bertz CT molecular complexity index is 1070. The highest BCUT2D eigenvalue weighted by molar-refractivity contribution is 7.89. The fraction of sp³-hybridized carbons (Fsp3) is 0.294. The van der Waals surface area contributed by atoms with Crippen LogP contribution in [0.2, 0.25) is 0 Å². The fourth-order valence-corrected chi connectivity index (χ4v) is 3.63. The maximum absolute atomic E-state index is 12.7. The Morgan fingerprint density at radius 2 is 2.00 bits per heavy atom. The molecular formula is C17H20N6O4S. The summed E-state index contributed by atoms with van der Waals surface area (Å²) in [7, 11) is -0.456. The molecule has 28 heavy (non-hydrogen) atoms. The summed E-state index contributed by atoms with van der Waals surface area (Å²) < 4.78 is 33.6. The SMILES string of the molecule is CC(=O)Nc1ccc(S(=O)(=O)N(C)Cc2nc(Cc3cncn3C)no2)cc1. The smallest absolute Gasteiger partial charge is 0.243 e. The van der Waals surface area contributed by atoms with Crippen LogP contribution in [0.15, 0.2) is 46.2 Å². The Balaban J connectivity index is 1.69. The number of rotatable bonds is 7. The maximum atomic E-state index is 12.7. The lowest BCUT2D eigenvalue weighted by Gasteiger charge is -2.15. The lowest BCUT2D eigenvalue weighted by molar-refractivity contribution is -0.114. The molecule has 1 amide bonds. The van der Waals surface area contributed by atoms with E-state index in [0.29, 0.717) is 17.9 Å². The van der Waals surface area contributed by atoms with Crippen LogP contribution in [0, 0.1) is 0 Å². The molecule has 0 saturated carbocycles. The third-order valence-corrected chi connectivity index (χ3v) is 5.82. The van der Waals surface area contributed by atoms with E-state index < -0.39 is 10.0 Å². The third kappa shape index (κ3) is 4.43. The first-order valence-electron chi connectivity index (χ1n) is 8.36. The highest BCUT2D eigenvalue weighted by atomic mass is 32.2. The maximum Gasteiger partial charge on any atom is 0.243 e. The second-order valence-corrected chi connectivity index (χ2v) is 8.29. The van der Waals surface area contributed by atoms with E-state index in [1.165, 1.54) is 38.2 Å². The van der Waals surface area contributed by atoms with Crippen molar-refractivity contribution >= 4 is 21.6 Å². The number of imidazole rings is 1. The molecule has 0 saturated heterocycles. The van der Waals surface area contributed by atoms with Crippen molar-refractivity contribution in [1.82, 2.24) is 24.0 Å². The van der Waals surface area contributed by atoms with Crippen LogP contribution in [-0.4, -0.2) is 45.4 Å². The van der Waals surface area contributed by atoms with E-state index in [0.717, 1.165) is 10.00 Å². The van der Waals surface area contributed by atoms with Crippen molar-refractivity contribution in [2.24, 2.45) is 7.05 Å². The quantitative estimate of drug-likeness (QED) is 0.627. The zero-order valence-corrected chi connectivity index (χ0v) is 16.5. The molecule has 0 bridgehead atoms. The number of nitrogens with one attached hydrogen (secondary N) is 1. The summed E-state index contributed by atoms with van der Waals surface area (Å²) in [4.78, 5) is 19.4. The lowest BCUT2D eigenvalue weighted by atomic mass is 10.3. The highest BCUT2D eigenvalue weighted by Gasteiger charge is 2.23. The molecule has 2 aromatic heterocycles. The van der Waals surface area contributed by atoms with Gasteiger partial charge in [-0.15, -0.1) is 0 Å². The first-order chi connectivity index (χ1) is 13.3. The minimum Gasteiger partial charge on any atom is -0.338 e. The summed E-state index contributed by atoms with van der Waals surface area (Å²) in [5, 5.41) is 6.48. The molecule has 0 aliphatic carbocycles. The van der Waals surface area contributed by atoms with Crippen LogP contribution in [0.1, 0.15) is 24.3 Å². The molecule has 0 aliphatic heterocycles. The summed E-state index contributed by atoms with van der Waals surface area (Å²) in [6.07, 6.45) is 3.81. The first kappa shape index (κ1) is 19.7. The molecule has 0 spiro atoms. The number of aryl methyl sites for hydroxylation is 1. The van der Waals surface area contributed by atoms with E-state index in [1.807, 2.05) is 11.6 Å². The Kier molecular flexibility index (Phi) is 5.56. The minimum absolute atomic E-state index is 0.0613.